The average molecular weight is 369 g/mol. The van der Waals surface area contributed by atoms with Crippen LogP contribution in [0.4, 0.5) is 11.4 Å². The minimum atomic E-state index is -0.396. The molecule has 0 bridgehead atoms. The van der Waals surface area contributed by atoms with Crippen LogP contribution in [0.5, 0.6) is 11.5 Å². The lowest BCUT2D eigenvalue weighted by Crippen LogP contribution is -2.28. The van der Waals surface area contributed by atoms with Crippen LogP contribution in [-0.2, 0) is 9.59 Å². The molecule has 2 aromatic carbocycles. The van der Waals surface area contributed by atoms with E-state index in [0.717, 1.165) is 11.4 Å². The highest BCUT2D eigenvalue weighted by atomic mass is 16.5. The van der Waals surface area contributed by atoms with Crippen molar-refractivity contribution in [2.45, 2.75) is 6.42 Å². The second-order valence-corrected chi connectivity index (χ2v) is 6.25. The van der Waals surface area contributed by atoms with Gasteiger partial charge in [-0.3, -0.25) is 9.59 Å². The number of carbonyl (C=O) groups is 2. The Labute approximate surface area is 158 Å². The van der Waals surface area contributed by atoms with E-state index in [1.807, 2.05) is 12.1 Å². The van der Waals surface area contributed by atoms with Crippen molar-refractivity contribution in [3.05, 3.63) is 48.5 Å². The van der Waals surface area contributed by atoms with E-state index in [-0.39, 0.29) is 18.2 Å². The van der Waals surface area contributed by atoms with Gasteiger partial charge >= 0.3 is 0 Å². The van der Waals surface area contributed by atoms with Crippen LogP contribution in [0, 0.1) is 5.92 Å². The van der Waals surface area contributed by atoms with Gasteiger partial charge < -0.3 is 25.4 Å². The molecular weight excluding hydrogens is 346 g/mol. The molecule has 7 nitrogen and oxygen atoms in total. The molecule has 27 heavy (non-hydrogen) atoms. The van der Waals surface area contributed by atoms with Crippen molar-refractivity contribution in [2.75, 3.05) is 37.0 Å². The summed E-state index contributed by atoms with van der Waals surface area (Å²) in [5.41, 5.74) is 6.83. The van der Waals surface area contributed by atoms with Gasteiger partial charge in [0.25, 0.3) is 0 Å². The van der Waals surface area contributed by atoms with E-state index >= 15 is 0 Å². The summed E-state index contributed by atoms with van der Waals surface area (Å²) in [4.78, 5) is 26.5. The number of anilines is 2. The lowest BCUT2D eigenvalue weighted by atomic mass is 10.1. The molecule has 1 fully saturated rings. The minimum Gasteiger partial charge on any atom is -0.497 e. The van der Waals surface area contributed by atoms with E-state index in [1.165, 1.54) is 0 Å². The van der Waals surface area contributed by atoms with E-state index in [4.69, 9.17) is 15.2 Å². The summed E-state index contributed by atoms with van der Waals surface area (Å²) >= 11 is 0. The molecule has 2 amide bonds. The van der Waals surface area contributed by atoms with Crippen molar-refractivity contribution < 1.29 is 19.1 Å². The molecule has 0 spiro atoms. The Balaban J connectivity index is 1.59. The van der Waals surface area contributed by atoms with Gasteiger partial charge in [0.2, 0.25) is 11.8 Å². The number of benzene rings is 2. The predicted molar refractivity (Wildman–Crippen MR) is 103 cm³/mol. The van der Waals surface area contributed by atoms with Gasteiger partial charge in [0.1, 0.15) is 18.1 Å². The number of rotatable bonds is 7. The van der Waals surface area contributed by atoms with Crippen molar-refractivity contribution in [1.82, 2.24) is 0 Å². The first-order valence-corrected chi connectivity index (χ1v) is 8.79. The number of carbonyl (C=O) groups excluding carboxylic acids is 2. The summed E-state index contributed by atoms with van der Waals surface area (Å²) < 4.78 is 10.5. The Morgan fingerprint density at radius 3 is 2.44 bits per heavy atom. The number of amides is 2. The number of nitrogens with one attached hydrogen (secondary N) is 1. The molecule has 1 aliphatic heterocycles. The van der Waals surface area contributed by atoms with Gasteiger partial charge in [-0.05, 0) is 48.5 Å². The van der Waals surface area contributed by atoms with Crippen LogP contribution < -0.4 is 25.4 Å². The summed E-state index contributed by atoms with van der Waals surface area (Å²) in [5, 5.41) is 2.86. The maximum absolute atomic E-state index is 12.5. The molecule has 1 saturated heterocycles. The monoisotopic (exact) mass is 369 g/mol. The molecule has 0 aliphatic carbocycles. The molecular formula is C20H23N3O4. The van der Waals surface area contributed by atoms with Crippen LogP contribution in [0.3, 0.4) is 0 Å². The molecule has 1 atom stereocenters. The van der Waals surface area contributed by atoms with E-state index in [2.05, 4.69) is 5.32 Å². The second kappa shape index (κ2) is 8.55. The van der Waals surface area contributed by atoms with E-state index < -0.39 is 5.92 Å². The molecule has 3 N–H and O–H groups in total. The van der Waals surface area contributed by atoms with Gasteiger partial charge in [-0.2, -0.15) is 0 Å². The van der Waals surface area contributed by atoms with Crippen LogP contribution >= 0.6 is 0 Å². The quantitative estimate of drug-likeness (QED) is 0.779. The van der Waals surface area contributed by atoms with Gasteiger partial charge in [0, 0.05) is 30.9 Å². The van der Waals surface area contributed by atoms with Crippen LogP contribution in [0.15, 0.2) is 48.5 Å². The fourth-order valence-electron chi connectivity index (χ4n) is 2.95. The maximum atomic E-state index is 12.5. The number of hydrogen-bond donors (Lipinski definition) is 2. The minimum absolute atomic E-state index is 0.0640. The zero-order valence-corrected chi connectivity index (χ0v) is 15.2. The molecule has 7 heteroatoms. The molecule has 0 aromatic heterocycles. The van der Waals surface area contributed by atoms with E-state index in [0.29, 0.717) is 31.1 Å². The lowest BCUT2D eigenvalue weighted by molar-refractivity contribution is -0.122. The number of nitrogens with two attached hydrogens (primary N) is 1. The Morgan fingerprint density at radius 1 is 1.15 bits per heavy atom. The average Bonchev–Trinajstić information content (AvgIpc) is 3.09. The first-order chi connectivity index (χ1) is 13.1. The predicted octanol–water partition coefficient (Wildman–Crippen LogP) is 2.02. The van der Waals surface area contributed by atoms with Gasteiger partial charge in [-0.1, -0.05) is 0 Å². The van der Waals surface area contributed by atoms with Crippen LogP contribution in [-0.4, -0.2) is 38.6 Å². The smallest absolute Gasteiger partial charge is 0.229 e. The van der Waals surface area contributed by atoms with Gasteiger partial charge in [-0.15, -0.1) is 0 Å². The van der Waals surface area contributed by atoms with Crippen molar-refractivity contribution >= 4 is 23.2 Å². The largest absolute Gasteiger partial charge is 0.497 e. The van der Waals surface area contributed by atoms with Crippen LogP contribution in [0.1, 0.15) is 6.42 Å². The normalized spacial score (nSPS) is 16.3. The number of ether oxygens (including phenoxy) is 2. The Kier molecular flexibility index (Phi) is 5.93. The number of methoxy groups -OCH3 is 1. The van der Waals surface area contributed by atoms with E-state index in [1.54, 1.807) is 48.4 Å². The SMILES string of the molecule is COc1ccc(N2CC(C(=O)Nc3ccc(OCCN)cc3)CC2=O)cc1. The topological polar surface area (TPSA) is 93.9 Å². The highest BCUT2D eigenvalue weighted by Crippen LogP contribution is 2.27. The second-order valence-electron chi connectivity index (χ2n) is 6.25. The zero-order chi connectivity index (χ0) is 19.2. The third-order valence-electron chi connectivity index (χ3n) is 4.39. The van der Waals surface area contributed by atoms with Gasteiger partial charge in [-0.25, -0.2) is 0 Å². The van der Waals surface area contributed by atoms with E-state index in [9.17, 15) is 9.59 Å². The standard InChI is InChI=1S/C20H23N3O4/c1-26-17-8-4-16(5-9-17)23-13-14(12-19(23)24)20(25)22-15-2-6-18(7-3-15)27-11-10-21/h2-9,14H,10-13,21H2,1H3,(H,22,25). The van der Waals surface area contributed by atoms with Crippen molar-refractivity contribution in [1.29, 1.82) is 0 Å². The highest BCUT2D eigenvalue weighted by Gasteiger charge is 2.35. The first kappa shape index (κ1) is 18.7. The highest BCUT2D eigenvalue weighted by molar-refractivity contribution is 6.03. The lowest BCUT2D eigenvalue weighted by Gasteiger charge is -2.17. The van der Waals surface area contributed by atoms with Crippen molar-refractivity contribution in [3.8, 4) is 11.5 Å². The zero-order valence-electron chi connectivity index (χ0n) is 15.2. The summed E-state index contributed by atoms with van der Waals surface area (Å²) in [7, 11) is 1.59. The Morgan fingerprint density at radius 2 is 1.81 bits per heavy atom. The Hall–Kier alpha value is -3.06. The van der Waals surface area contributed by atoms with Gasteiger partial charge in [0.15, 0.2) is 0 Å². The fraction of sp³-hybridized carbons (Fsp3) is 0.300. The fourth-order valence-corrected chi connectivity index (χ4v) is 2.95. The molecule has 1 unspecified atom stereocenters. The summed E-state index contributed by atoms with van der Waals surface area (Å²) in [5.74, 6) is 0.785. The molecule has 1 aliphatic rings. The third-order valence-corrected chi connectivity index (χ3v) is 4.39. The third kappa shape index (κ3) is 4.57. The summed E-state index contributed by atoms with van der Waals surface area (Å²) in [6.07, 6.45) is 0.190. The summed E-state index contributed by atoms with van der Waals surface area (Å²) in [6, 6.07) is 14.3. The van der Waals surface area contributed by atoms with Crippen molar-refractivity contribution in [3.63, 3.8) is 0 Å². The molecule has 3 rings (SSSR count). The number of nitrogens with zero attached hydrogens (tertiary/aromatic N) is 1. The molecule has 142 valence electrons. The summed E-state index contributed by atoms with van der Waals surface area (Å²) in [6.45, 7) is 1.24. The first-order valence-electron chi connectivity index (χ1n) is 8.79. The molecule has 0 radical (unpaired) electrons. The van der Waals surface area contributed by atoms with Gasteiger partial charge in [0.05, 0.1) is 13.0 Å². The molecule has 0 saturated carbocycles. The molecule has 1 heterocycles. The number of hydrogen-bond acceptors (Lipinski definition) is 5. The molecule has 2 aromatic rings. The Bertz CT molecular complexity index is 790. The maximum Gasteiger partial charge on any atom is 0.229 e. The van der Waals surface area contributed by atoms with Crippen molar-refractivity contribution in [2.24, 2.45) is 11.7 Å². The van der Waals surface area contributed by atoms with Crippen LogP contribution in [0.25, 0.3) is 0 Å². The van der Waals surface area contributed by atoms with Crippen LogP contribution in [0.2, 0.25) is 0 Å².